The summed E-state index contributed by atoms with van der Waals surface area (Å²) >= 11 is 6.07. The lowest BCUT2D eigenvalue weighted by molar-refractivity contribution is 0.0696. The third-order valence-electron chi connectivity index (χ3n) is 2.77. The molecule has 2 heterocycles. The SMILES string of the molecule is O=C(O)c1ccc(-c2cc3c(Cl)cccc3o2)nc1. The van der Waals surface area contributed by atoms with Gasteiger partial charge in [-0.25, -0.2) is 4.79 Å². The number of nitrogens with zero attached hydrogens (tertiary/aromatic N) is 1. The van der Waals surface area contributed by atoms with Crippen molar-refractivity contribution in [3.05, 3.63) is 53.2 Å². The summed E-state index contributed by atoms with van der Waals surface area (Å²) in [6, 6.07) is 10.3. The number of furan rings is 1. The van der Waals surface area contributed by atoms with Crippen LogP contribution in [0.2, 0.25) is 5.02 Å². The summed E-state index contributed by atoms with van der Waals surface area (Å²) in [6.07, 6.45) is 1.30. The van der Waals surface area contributed by atoms with Crippen LogP contribution in [-0.2, 0) is 0 Å². The minimum absolute atomic E-state index is 0.137. The minimum Gasteiger partial charge on any atom is -0.478 e. The van der Waals surface area contributed by atoms with Crippen LogP contribution in [0.5, 0.6) is 0 Å². The molecular weight excluding hydrogens is 266 g/mol. The maximum atomic E-state index is 10.8. The molecule has 5 heteroatoms. The summed E-state index contributed by atoms with van der Waals surface area (Å²) in [5.74, 6) is -0.452. The van der Waals surface area contributed by atoms with Crippen molar-refractivity contribution >= 4 is 28.5 Å². The molecule has 0 aliphatic heterocycles. The van der Waals surface area contributed by atoms with Gasteiger partial charge < -0.3 is 9.52 Å². The molecule has 3 aromatic rings. The molecule has 1 N–H and O–H groups in total. The molecule has 1 aromatic carbocycles. The predicted octanol–water partition coefficient (Wildman–Crippen LogP) is 3.85. The van der Waals surface area contributed by atoms with E-state index in [1.165, 1.54) is 12.3 Å². The van der Waals surface area contributed by atoms with Gasteiger partial charge in [0.25, 0.3) is 0 Å². The minimum atomic E-state index is -1.01. The van der Waals surface area contributed by atoms with Gasteiger partial charge in [-0.05, 0) is 30.3 Å². The normalized spacial score (nSPS) is 10.8. The summed E-state index contributed by atoms with van der Waals surface area (Å²) in [4.78, 5) is 14.8. The molecule has 0 unspecified atom stereocenters. The Morgan fingerprint density at radius 3 is 2.74 bits per heavy atom. The molecule has 2 aromatic heterocycles. The third-order valence-corrected chi connectivity index (χ3v) is 3.10. The van der Waals surface area contributed by atoms with Crippen molar-refractivity contribution in [3.8, 4) is 11.5 Å². The average molecular weight is 274 g/mol. The Kier molecular flexibility index (Phi) is 2.72. The van der Waals surface area contributed by atoms with Gasteiger partial charge >= 0.3 is 5.97 Å². The van der Waals surface area contributed by atoms with Crippen LogP contribution < -0.4 is 0 Å². The molecule has 0 fully saturated rings. The van der Waals surface area contributed by atoms with Crippen LogP contribution in [0.25, 0.3) is 22.4 Å². The number of aromatic carboxylic acids is 1. The molecule has 0 amide bonds. The summed E-state index contributed by atoms with van der Waals surface area (Å²) < 4.78 is 5.64. The Bertz CT molecular complexity index is 762. The standard InChI is InChI=1S/C14H8ClNO3/c15-10-2-1-3-12-9(10)6-13(19-12)11-5-4-8(7-16-11)14(17)18/h1-7H,(H,17,18). The first kappa shape index (κ1) is 11.7. The van der Waals surface area contributed by atoms with Crippen LogP contribution >= 0.6 is 11.6 Å². The van der Waals surface area contributed by atoms with E-state index in [0.717, 1.165) is 5.39 Å². The molecule has 19 heavy (non-hydrogen) atoms. The molecule has 0 bridgehead atoms. The molecule has 4 nitrogen and oxygen atoms in total. The lowest BCUT2D eigenvalue weighted by atomic mass is 10.2. The quantitative estimate of drug-likeness (QED) is 0.770. The molecule has 0 radical (unpaired) electrons. The van der Waals surface area contributed by atoms with Gasteiger partial charge in [-0.15, -0.1) is 0 Å². The number of fused-ring (bicyclic) bond motifs is 1. The van der Waals surface area contributed by atoms with E-state index < -0.39 is 5.97 Å². The Morgan fingerprint density at radius 2 is 2.11 bits per heavy atom. The van der Waals surface area contributed by atoms with E-state index in [9.17, 15) is 4.79 Å². The lowest BCUT2D eigenvalue weighted by Crippen LogP contribution is -1.96. The third kappa shape index (κ3) is 2.06. The van der Waals surface area contributed by atoms with Crippen LogP contribution in [0.1, 0.15) is 10.4 Å². The van der Waals surface area contributed by atoms with E-state index in [4.69, 9.17) is 21.1 Å². The van der Waals surface area contributed by atoms with E-state index in [1.54, 1.807) is 24.3 Å². The Hall–Kier alpha value is -2.33. The maximum Gasteiger partial charge on any atom is 0.337 e. The number of aromatic nitrogens is 1. The van der Waals surface area contributed by atoms with Gasteiger partial charge in [-0.2, -0.15) is 0 Å². The van der Waals surface area contributed by atoms with Crippen molar-refractivity contribution in [1.29, 1.82) is 0 Å². The number of benzene rings is 1. The number of pyridine rings is 1. The zero-order valence-corrected chi connectivity index (χ0v) is 10.4. The number of carboxylic acids is 1. The molecule has 94 valence electrons. The lowest BCUT2D eigenvalue weighted by Gasteiger charge is -1.96. The second-order valence-corrected chi connectivity index (χ2v) is 4.41. The highest BCUT2D eigenvalue weighted by Gasteiger charge is 2.10. The van der Waals surface area contributed by atoms with Gasteiger partial charge in [0.05, 0.1) is 10.6 Å². The topological polar surface area (TPSA) is 63.3 Å². The van der Waals surface area contributed by atoms with Gasteiger partial charge in [0.2, 0.25) is 0 Å². The number of carboxylic acid groups (broad SMARTS) is 1. The van der Waals surface area contributed by atoms with Crippen molar-refractivity contribution in [3.63, 3.8) is 0 Å². The van der Waals surface area contributed by atoms with Gasteiger partial charge in [-0.1, -0.05) is 17.7 Å². The Morgan fingerprint density at radius 1 is 1.26 bits per heavy atom. The van der Waals surface area contributed by atoms with Gasteiger partial charge in [0.15, 0.2) is 5.76 Å². The average Bonchev–Trinajstić information content (AvgIpc) is 2.84. The van der Waals surface area contributed by atoms with E-state index in [0.29, 0.717) is 22.1 Å². The van der Waals surface area contributed by atoms with Crippen molar-refractivity contribution in [2.24, 2.45) is 0 Å². The predicted molar refractivity (Wildman–Crippen MR) is 71.4 cm³/mol. The van der Waals surface area contributed by atoms with E-state index in [1.807, 2.05) is 6.07 Å². The fraction of sp³-hybridized carbons (Fsp3) is 0. The zero-order chi connectivity index (χ0) is 13.4. The van der Waals surface area contributed by atoms with Crippen LogP contribution in [0, 0.1) is 0 Å². The molecule has 0 saturated carbocycles. The maximum absolute atomic E-state index is 10.8. The number of halogens is 1. The molecule has 3 rings (SSSR count). The highest BCUT2D eigenvalue weighted by atomic mass is 35.5. The smallest absolute Gasteiger partial charge is 0.337 e. The Labute approximate surface area is 113 Å². The molecule has 0 saturated heterocycles. The summed E-state index contributed by atoms with van der Waals surface area (Å²) in [7, 11) is 0. The number of carbonyl (C=O) groups is 1. The second-order valence-electron chi connectivity index (χ2n) is 4.00. The molecule has 0 atom stereocenters. The van der Waals surface area contributed by atoms with Crippen LogP contribution in [0.4, 0.5) is 0 Å². The van der Waals surface area contributed by atoms with E-state index >= 15 is 0 Å². The summed E-state index contributed by atoms with van der Waals surface area (Å²) in [5.41, 5.74) is 1.38. The van der Waals surface area contributed by atoms with Crippen LogP contribution in [0.15, 0.2) is 47.0 Å². The fourth-order valence-electron chi connectivity index (χ4n) is 1.82. The number of hydrogen-bond acceptors (Lipinski definition) is 3. The first-order valence-electron chi connectivity index (χ1n) is 5.53. The Balaban J connectivity index is 2.09. The van der Waals surface area contributed by atoms with E-state index in [2.05, 4.69) is 4.98 Å². The van der Waals surface area contributed by atoms with E-state index in [-0.39, 0.29) is 5.56 Å². The molecule has 0 spiro atoms. The fourth-order valence-corrected chi connectivity index (χ4v) is 2.04. The summed E-state index contributed by atoms with van der Waals surface area (Å²) in [5, 5.41) is 10.2. The second kappa shape index (κ2) is 4.40. The van der Waals surface area contributed by atoms with Gasteiger partial charge in [0, 0.05) is 11.6 Å². The largest absolute Gasteiger partial charge is 0.478 e. The summed E-state index contributed by atoms with van der Waals surface area (Å²) in [6.45, 7) is 0. The highest BCUT2D eigenvalue weighted by molar-refractivity contribution is 6.35. The molecule has 0 aliphatic carbocycles. The molecular formula is C14H8ClNO3. The van der Waals surface area contributed by atoms with Gasteiger partial charge in [-0.3, -0.25) is 4.98 Å². The van der Waals surface area contributed by atoms with Crippen molar-refractivity contribution in [2.75, 3.05) is 0 Å². The first-order chi connectivity index (χ1) is 9.15. The zero-order valence-electron chi connectivity index (χ0n) is 9.63. The number of rotatable bonds is 2. The van der Waals surface area contributed by atoms with Crippen LogP contribution in [-0.4, -0.2) is 16.1 Å². The first-order valence-corrected chi connectivity index (χ1v) is 5.91. The van der Waals surface area contributed by atoms with Crippen molar-refractivity contribution in [1.82, 2.24) is 4.98 Å². The highest BCUT2D eigenvalue weighted by Crippen LogP contribution is 2.31. The van der Waals surface area contributed by atoms with Gasteiger partial charge in [0.1, 0.15) is 11.3 Å². The van der Waals surface area contributed by atoms with Crippen molar-refractivity contribution < 1.29 is 14.3 Å². The van der Waals surface area contributed by atoms with Crippen LogP contribution in [0.3, 0.4) is 0 Å². The number of hydrogen-bond donors (Lipinski definition) is 1. The molecule has 0 aliphatic rings. The monoisotopic (exact) mass is 273 g/mol. The van der Waals surface area contributed by atoms with Crippen molar-refractivity contribution in [2.45, 2.75) is 0 Å².